The number of alkyl halides is 6. The molecular weight excluding hydrogens is 666 g/mol. The Hall–Kier alpha value is -6.18. The molecule has 6 aromatic rings. The molecule has 0 saturated carbocycles. The summed E-state index contributed by atoms with van der Waals surface area (Å²) in [5.41, 5.74) is 21.2. The summed E-state index contributed by atoms with van der Waals surface area (Å²) < 4.78 is 67.6. The Balaban J connectivity index is 0.000000340. The number of para-hydroxylation sites is 2. The van der Waals surface area contributed by atoms with Crippen molar-refractivity contribution in [2.75, 3.05) is 11.5 Å². The molecule has 6 rings (SSSR count). The van der Waals surface area contributed by atoms with Crippen LogP contribution in [0.3, 0.4) is 0 Å². The van der Waals surface area contributed by atoms with Crippen molar-refractivity contribution in [1.82, 2.24) is 0 Å². The number of aromatic nitrogens is 2. The minimum atomic E-state index is -5.19. The first kappa shape index (κ1) is 36.7. The molecule has 14 heteroatoms. The van der Waals surface area contributed by atoms with Crippen molar-refractivity contribution in [2.45, 2.75) is 25.4 Å². The maximum atomic E-state index is 10.5. The molecule has 0 aliphatic rings. The van der Waals surface area contributed by atoms with Crippen LogP contribution in [0.25, 0.3) is 32.9 Å². The van der Waals surface area contributed by atoms with Crippen LogP contribution in [0, 0.1) is 0 Å². The van der Waals surface area contributed by atoms with Crippen LogP contribution in [-0.2, 0) is 22.7 Å². The molecule has 2 heterocycles. The minimum Gasteiger partial charge on any atom is -0.542 e. The van der Waals surface area contributed by atoms with Gasteiger partial charge >= 0.3 is 12.4 Å². The van der Waals surface area contributed by atoms with Gasteiger partial charge in [0.2, 0.25) is 11.0 Å². The van der Waals surface area contributed by atoms with E-state index >= 15 is 0 Å². The monoisotopic (exact) mass is 694 g/mol. The van der Waals surface area contributed by atoms with E-state index in [1.54, 1.807) is 0 Å². The van der Waals surface area contributed by atoms with Gasteiger partial charge in [0.1, 0.15) is 11.9 Å². The lowest BCUT2D eigenvalue weighted by molar-refractivity contribution is -0.662. The van der Waals surface area contributed by atoms with Crippen LogP contribution in [0.1, 0.15) is 11.1 Å². The fraction of sp³-hybridized carbons (Fsp3) is 0.111. The third-order valence-electron chi connectivity index (χ3n) is 7.33. The molecule has 258 valence electrons. The van der Waals surface area contributed by atoms with Crippen molar-refractivity contribution >= 4 is 45.1 Å². The van der Waals surface area contributed by atoms with Crippen molar-refractivity contribution in [1.29, 1.82) is 0 Å². The molecule has 0 radical (unpaired) electrons. The van der Waals surface area contributed by atoms with Gasteiger partial charge in [-0.2, -0.15) is 35.5 Å². The molecule has 0 unspecified atom stereocenters. The minimum absolute atomic E-state index is 0.798. The number of aliphatic carboxylic acids is 2. The maximum absolute atomic E-state index is 10.5. The number of anilines is 2. The largest absolute Gasteiger partial charge is 0.542 e. The highest BCUT2D eigenvalue weighted by Gasteiger charge is 2.29. The molecule has 2 aromatic heterocycles. The quantitative estimate of drug-likeness (QED) is 0.206. The van der Waals surface area contributed by atoms with Crippen molar-refractivity contribution < 1.29 is 55.3 Å². The standard InChI is InChI=1S/C32H26N4.2C2HF3O2/c33-29-17-19-35(31-7-3-1-5-27(29)31)21-23-9-13-25(14-10-23)26-15-11-24(12-16-26)22-36-20-18-30(34)28-6-2-4-8-32(28)36;2*3-2(4,5)1(6)7/h1-20,33-34H,21-22H2;2*(H,6,7). The predicted octanol–water partition coefficient (Wildman–Crippen LogP) is 4.09. The summed E-state index contributed by atoms with van der Waals surface area (Å²) in [6, 6.07) is 38.1. The van der Waals surface area contributed by atoms with E-state index in [1.165, 1.54) is 22.3 Å². The molecule has 0 saturated heterocycles. The van der Waals surface area contributed by atoms with Crippen molar-refractivity contribution in [3.8, 4) is 11.1 Å². The number of hydrogen-bond acceptors (Lipinski definition) is 6. The summed E-state index contributed by atoms with van der Waals surface area (Å²) in [6.45, 7) is 1.60. The van der Waals surface area contributed by atoms with Crippen LogP contribution in [0.2, 0.25) is 0 Å². The summed E-state index contributed by atoms with van der Waals surface area (Å²) >= 11 is 0. The van der Waals surface area contributed by atoms with Gasteiger partial charge < -0.3 is 31.3 Å². The maximum Gasteiger partial charge on any atom is 0.430 e. The molecule has 0 atom stereocenters. The molecular formula is C36H28F6N4O4. The molecule has 4 aromatic carbocycles. The molecule has 4 N–H and O–H groups in total. The third kappa shape index (κ3) is 9.46. The van der Waals surface area contributed by atoms with E-state index in [-0.39, 0.29) is 0 Å². The Bertz CT molecular complexity index is 1970. The summed E-state index contributed by atoms with van der Waals surface area (Å²) in [4.78, 5) is 17.6. The average Bonchev–Trinajstić information content (AvgIpc) is 3.08. The van der Waals surface area contributed by atoms with Gasteiger partial charge in [0, 0.05) is 35.4 Å². The lowest BCUT2D eigenvalue weighted by Crippen LogP contribution is -2.37. The van der Waals surface area contributed by atoms with Gasteiger partial charge in [-0.3, -0.25) is 0 Å². The number of nitrogens with two attached hydrogens (primary N) is 2. The van der Waals surface area contributed by atoms with Crippen molar-refractivity contribution in [2.24, 2.45) is 0 Å². The first-order chi connectivity index (χ1) is 23.5. The van der Waals surface area contributed by atoms with Gasteiger partial charge in [-0.15, -0.1) is 0 Å². The van der Waals surface area contributed by atoms with Gasteiger partial charge in [-0.1, -0.05) is 72.8 Å². The summed E-state index contributed by atoms with van der Waals surface area (Å²) in [6.07, 6.45) is -6.26. The Labute approximate surface area is 281 Å². The van der Waals surface area contributed by atoms with Gasteiger partial charge in [0.15, 0.2) is 25.5 Å². The summed E-state index contributed by atoms with van der Waals surface area (Å²) in [5, 5.41) is 19.7. The Morgan fingerprint density at radius 1 is 0.520 bits per heavy atom. The van der Waals surface area contributed by atoms with Crippen LogP contribution >= 0.6 is 0 Å². The molecule has 0 bridgehead atoms. The van der Waals surface area contributed by atoms with Crippen LogP contribution in [-0.4, -0.2) is 24.3 Å². The lowest BCUT2D eigenvalue weighted by Gasteiger charge is -2.07. The van der Waals surface area contributed by atoms with E-state index in [0.717, 1.165) is 46.3 Å². The smallest absolute Gasteiger partial charge is 0.430 e. The number of carbonyl (C=O) groups excluding carboxylic acids is 2. The van der Waals surface area contributed by atoms with E-state index < -0.39 is 24.3 Å². The van der Waals surface area contributed by atoms with E-state index in [4.69, 9.17) is 31.3 Å². The summed E-state index contributed by atoms with van der Waals surface area (Å²) in [7, 11) is 0. The first-order valence-electron chi connectivity index (χ1n) is 14.6. The number of benzene rings is 4. The second-order valence-corrected chi connectivity index (χ2v) is 10.8. The number of carboxylic acids is 2. The molecule has 8 nitrogen and oxygen atoms in total. The van der Waals surface area contributed by atoms with Crippen LogP contribution < -0.4 is 30.8 Å². The topological polar surface area (TPSA) is 140 Å². The second kappa shape index (κ2) is 15.4. The number of rotatable bonds is 5. The normalized spacial score (nSPS) is 11.2. The Morgan fingerprint density at radius 2 is 0.820 bits per heavy atom. The molecule has 0 spiro atoms. The highest BCUT2D eigenvalue weighted by Crippen LogP contribution is 2.22. The Morgan fingerprint density at radius 3 is 1.12 bits per heavy atom. The zero-order valence-electron chi connectivity index (χ0n) is 25.9. The average molecular weight is 695 g/mol. The summed E-state index contributed by atoms with van der Waals surface area (Å²) in [5.74, 6) is -6.01. The van der Waals surface area contributed by atoms with Gasteiger partial charge in [-0.25, -0.2) is 0 Å². The van der Waals surface area contributed by atoms with Crippen LogP contribution in [0.15, 0.2) is 122 Å². The zero-order valence-corrected chi connectivity index (χ0v) is 25.9. The van der Waals surface area contributed by atoms with E-state index in [1.807, 2.05) is 24.3 Å². The van der Waals surface area contributed by atoms with Gasteiger partial charge in [-0.05, 0) is 23.3 Å². The first-order valence-corrected chi connectivity index (χ1v) is 14.6. The van der Waals surface area contributed by atoms with E-state index in [0.29, 0.717) is 0 Å². The molecule has 0 aliphatic heterocycles. The number of hydrogen-bond donors (Lipinski definition) is 2. The number of carboxylic acid groups (broad SMARTS) is 2. The number of pyridine rings is 2. The fourth-order valence-electron chi connectivity index (χ4n) is 4.89. The van der Waals surface area contributed by atoms with E-state index in [9.17, 15) is 26.3 Å². The van der Waals surface area contributed by atoms with Gasteiger partial charge in [0.05, 0.1) is 22.1 Å². The number of carbonyl (C=O) groups is 2. The molecule has 0 fully saturated rings. The fourth-order valence-corrected chi connectivity index (χ4v) is 4.89. The highest BCUT2D eigenvalue weighted by molar-refractivity contribution is 5.88. The number of fused-ring (bicyclic) bond motifs is 2. The van der Waals surface area contributed by atoms with Crippen LogP contribution in [0.4, 0.5) is 37.7 Å². The Kier molecular flexibility index (Phi) is 11.3. The number of nitrogen functional groups attached to an aromatic ring is 2. The van der Waals surface area contributed by atoms with E-state index in [2.05, 4.69) is 106 Å². The van der Waals surface area contributed by atoms with Crippen LogP contribution in [0.5, 0.6) is 0 Å². The molecule has 0 aliphatic carbocycles. The van der Waals surface area contributed by atoms with Crippen molar-refractivity contribution in [3.05, 3.63) is 133 Å². The third-order valence-corrected chi connectivity index (χ3v) is 7.33. The number of nitrogens with zero attached hydrogens (tertiary/aromatic N) is 2. The highest BCUT2D eigenvalue weighted by atomic mass is 19.4. The molecule has 50 heavy (non-hydrogen) atoms. The predicted molar refractivity (Wildman–Crippen MR) is 169 cm³/mol. The van der Waals surface area contributed by atoms with Gasteiger partial charge in [0.25, 0.3) is 0 Å². The lowest BCUT2D eigenvalue weighted by atomic mass is 10.0. The van der Waals surface area contributed by atoms with Crippen molar-refractivity contribution in [3.63, 3.8) is 0 Å². The second-order valence-electron chi connectivity index (χ2n) is 10.8. The number of halogens is 6. The SMILES string of the molecule is Nc1cc[n+](Cc2ccc(-c3ccc(C[n+]4ccc(N)c5ccccc54)cc3)cc2)c2ccccc12.O=C([O-])C(F)(F)F.O=C([O-])C(F)(F)F. The molecule has 0 amide bonds. The zero-order chi connectivity index (χ0) is 36.6.